The van der Waals surface area contributed by atoms with Crippen LogP contribution in [0.2, 0.25) is 0 Å². The fourth-order valence-electron chi connectivity index (χ4n) is 5.26. The van der Waals surface area contributed by atoms with Gasteiger partial charge in [0.05, 0.1) is 33.5 Å². The van der Waals surface area contributed by atoms with Crippen molar-refractivity contribution >= 4 is 0 Å². The zero-order valence-corrected chi connectivity index (χ0v) is 23.6. The minimum atomic E-state index is -0.694. The summed E-state index contributed by atoms with van der Waals surface area (Å²) in [5, 5.41) is 0. The summed E-state index contributed by atoms with van der Waals surface area (Å²) in [6.07, 6.45) is -3.18. The van der Waals surface area contributed by atoms with E-state index >= 15 is 0 Å². The molecule has 0 bridgehead atoms. The van der Waals surface area contributed by atoms with Gasteiger partial charge in [-0.25, -0.2) is 0 Å². The molecule has 2 aliphatic heterocycles. The second-order valence-electron chi connectivity index (χ2n) is 10.4. The average Bonchev–Trinajstić information content (AvgIpc) is 3.06. The molecule has 0 aromatic heterocycles. The molecule has 0 saturated carbocycles. The Kier molecular flexibility index (Phi) is 9.57. The van der Waals surface area contributed by atoms with E-state index in [0.717, 1.165) is 28.0 Å². The fraction of sp³-hybridized carbons (Fsp3) is 0.314. The normalized spacial score (nSPS) is 25.5. The highest BCUT2D eigenvalue weighted by Gasteiger charge is 2.52. The molecule has 2 aliphatic rings. The number of hydrogen-bond donors (Lipinski definition) is 0. The van der Waals surface area contributed by atoms with Crippen LogP contribution >= 0.6 is 0 Å². The van der Waals surface area contributed by atoms with Crippen molar-refractivity contribution in [2.24, 2.45) is 0 Å². The van der Waals surface area contributed by atoms with Crippen LogP contribution in [0.15, 0.2) is 115 Å². The third kappa shape index (κ3) is 7.07. The van der Waals surface area contributed by atoms with Crippen molar-refractivity contribution < 1.29 is 33.2 Å². The lowest BCUT2D eigenvalue weighted by Gasteiger charge is -2.49. The van der Waals surface area contributed by atoms with Crippen LogP contribution in [0.25, 0.3) is 0 Å². The molecule has 6 rings (SSSR count). The van der Waals surface area contributed by atoms with Crippen molar-refractivity contribution in [3.8, 4) is 5.75 Å². The zero-order chi connectivity index (χ0) is 28.6. The van der Waals surface area contributed by atoms with E-state index in [1.54, 1.807) is 7.11 Å². The molecule has 2 heterocycles. The van der Waals surface area contributed by atoms with Crippen LogP contribution in [-0.4, -0.2) is 44.4 Å². The molecule has 7 heteroatoms. The Morgan fingerprint density at radius 1 is 0.595 bits per heavy atom. The Hall–Kier alpha value is -3.56. The van der Waals surface area contributed by atoms with Gasteiger partial charge in [-0.15, -0.1) is 0 Å². The van der Waals surface area contributed by atoms with Gasteiger partial charge in [0.25, 0.3) is 0 Å². The van der Waals surface area contributed by atoms with E-state index in [2.05, 4.69) is 0 Å². The Morgan fingerprint density at radius 3 is 1.67 bits per heavy atom. The van der Waals surface area contributed by atoms with Crippen LogP contribution in [0.3, 0.4) is 0 Å². The van der Waals surface area contributed by atoms with Gasteiger partial charge in [-0.3, -0.25) is 0 Å². The molecule has 0 amide bonds. The van der Waals surface area contributed by atoms with Crippen LogP contribution < -0.4 is 4.74 Å². The maximum atomic E-state index is 6.66. The lowest BCUT2D eigenvalue weighted by Crippen LogP contribution is -2.63. The predicted molar refractivity (Wildman–Crippen MR) is 156 cm³/mol. The summed E-state index contributed by atoms with van der Waals surface area (Å²) in [6, 6.07) is 37.9. The molecular weight excluding hydrogens is 532 g/mol. The van der Waals surface area contributed by atoms with Crippen LogP contribution in [0.5, 0.6) is 5.75 Å². The number of fused-ring (bicyclic) bond motifs is 1. The Labute approximate surface area is 246 Å². The van der Waals surface area contributed by atoms with E-state index in [1.165, 1.54) is 0 Å². The van der Waals surface area contributed by atoms with Gasteiger partial charge >= 0.3 is 0 Å². The number of benzene rings is 4. The first-order valence-corrected chi connectivity index (χ1v) is 14.3. The molecule has 7 nitrogen and oxygen atoms in total. The van der Waals surface area contributed by atoms with Crippen LogP contribution in [-0.2, 0) is 48.2 Å². The molecular formula is C35H36O7. The molecule has 0 radical (unpaired) electrons. The van der Waals surface area contributed by atoms with Crippen LogP contribution in [0, 0.1) is 0 Å². The van der Waals surface area contributed by atoms with Gasteiger partial charge in [0.15, 0.2) is 12.6 Å². The van der Waals surface area contributed by atoms with E-state index in [4.69, 9.17) is 33.2 Å². The minimum absolute atomic E-state index is 0.323. The molecule has 4 aromatic rings. The first-order chi connectivity index (χ1) is 20.8. The first kappa shape index (κ1) is 28.6. The summed E-state index contributed by atoms with van der Waals surface area (Å²) in [5.74, 6) is 0.769. The molecule has 218 valence electrons. The number of hydrogen-bond acceptors (Lipinski definition) is 7. The highest BCUT2D eigenvalue weighted by atomic mass is 16.8. The predicted octanol–water partition coefficient (Wildman–Crippen LogP) is 6.22. The molecule has 1 unspecified atom stereocenters. The molecule has 2 saturated heterocycles. The maximum absolute atomic E-state index is 6.66. The van der Waals surface area contributed by atoms with Crippen molar-refractivity contribution in [1.29, 1.82) is 0 Å². The smallest absolute Gasteiger partial charge is 0.187 e. The average molecular weight is 569 g/mol. The molecule has 6 atom stereocenters. The Bertz CT molecular complexity index is 1350. The van der Waals surface area contributed by atoms with Crippen LogP contribution in [0.4, 0.5) is 0 Å². The van der Waals surface area contributed by atoms with Gasteiger partial charge < -0.3 is 33.2 Å². The van der Waals surface area contributed by atoms with E-state index < -0.39 is 37.0 Å². The Morgan fingerprint density at radius 2 is 1.12 bits per heavy atom. The van der Waals surface area contributed by atoms with E-state index in [1.807, 2.05) is 115 Å². The van der Waals surface area contributed by atoms with Crippen molar-refractivity contribution in [1.82, 2.24) is 0 Å². The molecule has 0 aliphatic carbocycles. The fourth-order valence-corrected chi connectivity index (χ4v) is 5.26. The second kappa shape index (κ2) is 14.1. The summed E-state index contributed by atoms with van der Waals surface area (Å²) in [6.45, 7) is 1.46. The molecule has 0 N–H and O–H groups in total. The molecule has 4 aromatic carbocycles. The zero-order valence-electron chi connectivity index (χ0n) is 23.6. The number of rotatable bonds is 11. The van der Waals surface area contributed by atoms with Crippen molar-refractivity contribution in [3.63, 3.8) is 0 Å². The highest BCUT2D eigenvalue weighted by Crippen LogP contribution is 2.38. The maximum Gasteiger partial charge on any atom is 0.187 e. The Balaban J connectivity index is 1.27. The summed E-state index contributed by atoms with van der Waals surface area (Å²) in [5.41, 5.74) is 4.04. The summed E-state index contributed by atoms with van der Waals surface area (Å²) in [7, 11) is 1.65. The van der Waals surface area contributed by atoms with Crippen molar-refractivity contribution in [2.45, 2.75) is 56.8 Å². The minimum Gasteiger partial charge on any atom is -0.497 e. The summed E-state index contributed by atoms with van der Waals surface area (Å²) >= 11 is 0. The van der Waals surface area contributed by atoms with E-state index in [-0.39, 0.29) is 0 Å². The van der Waals surface area contributed by atoms with E-state index in [0.29, 0.717) is 26.4 Å². The van der Waals surface area contributed by atoms with Gasteiger partial charge in [-0.1, -0.05) is 103 Å². The number of methoxy groups -OCH3 is 1. The lowest BCUT2D eigenvalue weighted by molar-refractivity contribution is -0.374. The molecule has 0 spiro atoms. The SMILES string of the molecule is COc1ccc(C2OC[C@H]3O[C@@H](OCc4ccccc4)[C@H](OCc4ccccc4)[C@@H](OCc4ccccc4)[C@H]3O2)cc1. The standard InChI is InChI=1S/C35H36O7/c1-36-29-19-17-28(18-20-29)34-40-24-30-31(42-34)32(37-21-25-11-5-2-6-12-25)33(38-22-26-13-7-3-8-14-26)35(41-30)39-23-27-15-9-4-10-16-27/h2-20,30-35H,21-24H2,1H3/t30-,31+,32+,33-,34?,35-/m1/s1. The highest BCUT2D eigenvalue weighted by molar-refractivity contribution is 5.28. The van der Waals surface area contributed by atoms with Gasteiger partial charge in [-0.2, -0.15) is 0 Å². The quantitative estimate of drug-likeness (QED) is 0.213. The summed E-state index contributed by atoms with van der Waals surface area (Å²) in [4.78, 5) is 0. The second-order valence-corrected chi connectivity index (χ2v) is 10.4. The van der Waals surface area contributed by atoms with Gasteiger partial charge in [-0.05, 0) is 28.8 Å². The number of ether oxygens (including phenoxy) is 7. The van der Waals surface area contributed by atoms with Crippen LogP contribution in [0.1, 0.15) is 28.5 Å². The van der Waals surface area contributed by atoms with Crippen molar-refractivity contribution in [3.05, 3.63) is 138 Å². The summed E-state index contributed by atoms with van der Waals surface area (Å²) < 4.78 is 44.2. The lowest BCUT2D eigenvalue weighted by atomic mass is 9.97. The third-order valence-corrected chi connectivity index (χ3v) is 7.50. The largest absolute Gasteiger partial charge is 0.497 e. The first-order valence-electron chi connectivity index (χ1n) is 14.3. The van der Waals surface area contributed by atoms with Gasteiger partial charge in [0.1, 0.15) is 30.2 Å². The van der Waals surface area contributed by atoms with Gasteiger partial charge in [0.2, 0.25) is 0 Å². The molecule has 42 heavy (non-hydrogen) atoms. The van der Waals surface area contributed by atoms with E-state index in [9.17, 15) is 0 Å². The topological polar surface area (TPSA) is 64.6 Å². The monoisotopic (exact) mass is 568 g/mol. The third-order valence-electron chi connectivity index (χ3n) is 7.50. The molecule has 2 fully saturated rings. The van der Waals surface area contributed by atoms with Crippen molar-refractivity contribution in [2.75, 3.05) is 13.7 Å². The van der Waals surface area contributed by atoms with Gasteiger partial charge in [0, 0.05) is 5.56 Å².